The van der Waals surface area contributed by atoms with Crippen molar-refractivity contribution in [2.24, 2.45) is 5.92 Å². The molecule has 0 saturated heterocycles. The van der Waals surface area contributed by atoms with Gasteiger partial charge < -0.3 is 5.32 Å². The van der Waals surface area contributed by atoms with Crippen LogP contribution in [0.15, 0.2) is 28.6 Å². The van der Waals surface area contributed by atoms with Crippen LogP contribution in [0.2, 0.25) is 0 Å². The Kier molecular flexibility index (Phi) is 5.09. The summed E-state index contributed by atoms with van der Waals surface area (Å²) in [5.74, 6) is 0.553. The molecule has 1 heterocycles. The first kappa shape index (κ1) is 17.2. The summed E-state index contributed by atoms with van der Waals surface area (Å²) in [5.41, 5.74) is 0.108. The first-order chi connectivity index (χ1) is 11.4. The fourth-order valence-corrected chi connectivity index (χ4v) is 3.84. The molecule has 1 aliphatic rings. The molecule has 4 nitrogen and oxygen atoms in total. The number of nitrogens with zero attached hydrogens (tertiary/aromatic N) is 2. The number of benzene rings is 1. The van der Waals surface area contributed by atoms with Gasteiger partial charge in [-0.25, -0.2) is 0 Å². The standard InChI is InChI=1S/C15H14F3N3OS2/c16-15(17,18)11-6-4-9(5-7-11)8-23-14-21-20-13(24-14)19-12(22)10-2-1-3-10/h4-7,10H,1-3,8H2,(H,19,20,22). The van der Waals surface area contributed by atoms with Gasteiger partial charge in [-0.3, -0.25) is 4.79 Å². The van der Waals surface area contributed by atoms with Gasteiger partial charge in [-0.1, -0.05) is 41.7 Å². The molecule has 0 radical (unpaired) electrons. The van der Waals surface area contributed by atoms with Crippen LogP contribution >= 0.6 is 23.1 Å². The summed E-state index contributed by atoms with van der Waals surface area (Å²) in [6.07, 6.45) is -1.40. The number of nitrogens with one attached hydrogen (secondary N) is 1. The number of carbonyl (C=O) groups is 1. The highest BCUT2D eigenvalue weighted by atomic mass is 32.2. The van der Waals surface area contributed by atoms with Crippen LogP contribution in [0.3, 0.4) is 0 Å². The maximum atomic E-state index is 12.5. The van der Waals surface area contributed by atoms with Crippen molar-refractivity contribution in [2.45, 2.75) is 35.5 Å². The van der Waals surface area contributed by atoms with Crippen molar-refractivity contribution in [3.05, 3.63) is 35.4 Å². The van der Waals surface area contributed by atoms with Crippen LogP contribution in [0.25, 0.3) is 0 Å². The van der Waals surface area contributed by atoms with Gasteiger partial charge in [-0.2, -0.15) is 13.2 Å². The molecule has 1 amide bonds. The number of hydrogen-bond acceptors (Lipinski definition) is 5. The number of aromatic nitrogens is 2. The molecule has 9 heteroatoms. The molecule has 1 aromatic heterocycles. The molecular weight excluding hydrogens is 359 g/mol. The number of thioether (sulfide) groups is 1. The van der Waals surface area contributed by atoms with E-state index in [2.05, 4.69) is 15.5 Å². The zero-order valence-corrected chi connectivity index (χ0v) is 14.1. The van der Waals surface area contributed by atoms with Crippen LogP contribution in [-0.4, -0.2) is 16.1 Å². The van der Waals surface area contributed by atoms with Crippen molar-refractivity contribution < 1.29 is 18.0 Å². The summed E-state index contributed by atoms with van der Waals surface area (Å²) >= 11 is 2.64. The molecule has 0 atom stereocenters. The van der Waals surface area contributed by atoms with E-state index in [1.165, 1.54) is 35.2 Å². The van der Waals surface area contributed by atoms with Crippen molar-refractivity contribution in [1.82, 2.24) is 10.2 Å². The topological polar surface area (TPSA) is 54.9 Å². The molecule has 0 unspecified atom stereocenters. The van der Waals surface area contributed by atoms with Crippen LogP contribution in [-0.2, 0) is 16.7 Å². The lowest BCUT2D eigenvalue weighted by molar-refractivity contribution is -0.137. The minimum absolute atomic E-state index is 0.0170. The van der Waals surface area contributed by atoms with E-state index in [0.717, 1.165) is 37.0 Å². The highest BCUT2D eigenvalue weighted by molar-refractivity contribution is 8.00. The number of rotatable bonds is 5. The van der Waals surface area contributed by atoms with Crippen LogP contribution in [0.5, 0.6) is 0 Å². The Balaban J connectivity index is 1.52. The number of amides is 1. The third-order valence-corrected chi connectivity index (χ3v) is 5.80. The Morgan fingerprint density at radius 1 is 1.25 bits per heavy atom. The predicted octanol–water partition coefficient (Wildman–Crippen LogP) is 4.59. The highest BCUT2D eigenvalue weighted by Crippen LogP contribution is 2.32. The minimum Gasteiger partial charge on any atom is -0.300 e. The molecule has 1 fully saturated rings. The smallest absolute Gasteiger partial charge is 0.300 e. The molecule has 1 N–H and O–H groups in total. The molecule has 0 bridgehead atoms. The quantitative estimate of drug-likeness (QED) is 0.615. The fourth-order valence-electron chi connectivity index (χ4n) is 2.13. The second-order valence-electron chi connectivity index (χ2n) is 5.47. The van der Waals surface area contributed by atoms with E-state index in [-0.39, 0.29) is 11.8 Å². The van der Waals surface area contributed by atoms with E-state index in [4.69, 9.17) is 0 Å². The maximum Gasteiger partial charge on any atom is 0.416 e. The van der Waals surface area contributed by atoms with Crippen molar-refractivity contribution >= 4 is 34.1 Å². The summed E-state index contributed by atoms with van der Waals surface area (Å²) in [5, 5.41) is 11.1. The normalized spacial score (nSPS) is 15.1. The molecule has 1 aromatic carbocycles. The van der Waals surface area contributed by atoms with E-state index >= 15 is 0 Å². The third-order valence-electron chi connectivity index (χ3n) is 3.76. The van der Waals surface area contributed by atoms with E-state index in [1.807, 2.05) is 0 Å². The number of halogens is 3. The average Bonchev–Trinajstić information content (AvgIpc) is 2.90. The van der Waals surface area contributed by atoms with Crippen LogP contribution in [0, 0.1) is 5.92 Å². The molecule has 3 rings (SSSR count). The van der Waals surface area contributed by atoms with Crippen LogP contribution in [0.4, 0.5) is 18.3 Å². The second kappa shape index (κ2) is 7.10. The third kappa shape index (κ3) is 4.27. The zero-order valence-electron chi connectivity index (χ0n) is 12.5. The number of anilines is 1. The van der Waals surface area contributed by atoms with Gasteiger partial charge in [0.25, 0.3) is 0 Å². The highest BCUT2D eigenvalue weighted by Gasteiger charge is 2.30. The lowest BCUT2D eigenvalue weighted by atomic mass is 9.85. The van der Waals surface area contributed by atoms with Gasteiger partial charge in [-0.05, 0) is 30.5 Å². The van der Waals surface area contributed by atoms with Crippen LogP contribution in [0.1, 0.15) is 30.4 Å². The van der Waals surface area contributed by atoms with Gasteiger partial charge in [0.15, 0.2) is 4.34 Å². The summed E-state index contributed by atoms with van der Waals surface area (Å²) in [6.45, 7) is 0. The first-order valence-corrected chi connectivity index (χ1v) is 9.15. The summed E-state index contributed by atoms with van der Waals surface area (Å²) < 4.78 is 38.2. The molecule has 2 aromatic rings. The first-order valence-electron chi connectivity index (χ1n) is 7.35. The lowest BCUT2D eigenvalue weighted by Crippen LogP contribution is -2.27. The Labute approximate surface area is 144 Å². The molecule has 0 aliphatic heterocycles. The summed E-state index contributed by atoms with van der Waals surface area (Å²) in [7, 11) is 0. The molecular formula is C15H14F3N3OS2. The van der Waals surface area contributed by atoms with Gasteiger partial charge >= 0.3 is 6.18 Å². The van der Waals surface area contributed by atoms with Gasteiger partial charge in [0.2, 0.25) is 11.0 Å². The Bertz CT molecular complexity index is 711. The maximum absolute atomic E-state index is 12.5. The van der Waals surface area contributed by atoms with Gasteiger partial charge in [0, 0.05) is 11.7 Å². The van der Waals surface area contributed by atoms with E-state index in [0.29, 0.717) is 15.2 Å². The Morgan fingerprint density at radius 3 is 2.54 bits per heavy atom. The average molecular weight is 373 g/mol. The minimum atomic E-state index is -4.32. The fraction of sp³-hybridized carbons (Fsp3) is 0.400. The monoisotopic (exact) mass is 373 g/mol. The van der Waals surface area contributed by atoms with Crippen LogP contribution < -0.4 is 5.32 Å². The summed E-state index contributed by atoms with van der Waals surface area (Å²) in [4.78, 5) is 11.8. The van der Waals surface area contributed by atoms with E-state index in [9.17, 15) is 18.0 Å². The Morgan fingerprint density at radius 2 is 1.96 bits per heavy atom. The number of hydrogen-bond donors (Lipinski definition) is 1. The molecule has 0 spiro atoms. The molecule has 24 heavy (non-hydrogen) atoms. The number of alkyl halides is 3. The van der Waals surface area contributed by atoms with E-state index < -0.39 is 11.7 Å². The Hall–Kier alpha value is -1.61. The van der Waals surface area contributed by atoms with Crippen molar-refractivity contribution in [2.75, 3.05) is 5.32 Å². The predicted molar refractivity (Wildman–Crippen MR) is 86.9 cm³/mol. The second-order valence-corrected chi connectivity index (χ2v) is 7.67. The van der Waals surface area contributed by atoms with Crippen molar-refractivity contribution in [3.8, 4) is 0 Å². The lowest BCUT2D eigenvalue weighted by Gasteiger charge is -2.23. The van der Waals surface area contributed by atoms with Gasteiger partial charge in [0.1, 0.15) is 0 Å². The molecule has 1 saturated carbocycles. The van der Waals surface area contributed by atoms with E-state index in [1.54, 1.807) is 0 Å². The molecule has 1 aliphatic carbocycles. The number of carbonyl (C=O) groups excluding carboxylic acids is 1. The van der Waals surface area contributed by atoms with Crippen molar-refractivity contribution in [1.29, 1.82) is 0 Å². The zero-order chi connectivity index (χ0) is 17.2. The van der Waals surface area contributed by atoms with Crippen molar-refractivity contribution in [3.63, 3.8) is 0 Å². The van der Waals surface area contributed by atoms with Gasteiger partial charge in [0.05, 0.1) is 5.56 Å². The largest absolute Gasteiger partial charge is 0.416 e. The summed E-state index contributed by atoms with van der Waals surface area (Å²) in [6, 6.07) is 5.05. The van der Waals surface area contributed by atoms with Gasteiger partial charge in [-0.15, -0.1) is 10.2 Å². The molecule has 128 valence electrons. The SMILES string of the molecule is O=C(Nc1nnc(SCc2ccc(C(F)(F)F)cc2)s1)C1CCC1.